The van der Waals surface area contributed by atoms with Gasteiger partial charge in [-0.25, -0.2) is 0 Å². The highest BCUT2D eigenvalue weighted by molar-refractivity contribution is 5.86. The summed E-state index contributed by atoms with van der Waals surface area (Å²) < 4.78 is 6.13. The maximum Gasteiger partial charge on any atom is 0.128 e. The van der Waals surface area contributed by atoms with Gasteiger partial charge in [0.15, 0.2) is 0 Å². The van der Waals surface area contributed by atoms with Gasteiger partial charge in [0.05, 0.1) is 5.69 Å². The molecular weight excluding hydrogens is 318 g/mol. The molecule has 4 aromatic rings. The van der Waals surface area contributed by atoms with Crippen LogP contribution in [0.4, 0.5) is 5.69 Å². The molecule has 0 saturated heterocycles. The predicted octanol–water partition coefficient (Wildman–Crippen LogP) is 6.17. The van der Waals surface area contributed by atoms with Gasteiger partial charge < -0.3 is 4.74 Å². The van der Waals surface area contributed by atoms with Gasteiger partial charge in [-0.1, -0.05) is 72.8 Å². The molecular formula is C24H19NO. The lowest BCUT2D eigenvalue weighted by molar-refractivity contribution is 0.307. The summed E-state index contributed by atoms with van der Waals surface area (Å²) >= 11 is 0. The number of para-hydroxylation sites is 2. The van der Waals surface area contributed by atoms with E-state index in [0.717, 1.165) is 17.0 Å². The van der Waals surface area contributed by atoms with Crippen LogP contribution in [0.5, 0.6) is 5.75 Å². The lowest BCUT2D eigenvalue weighted by atomic mass is 10.1. The molecule has 0 radical (unpaired) electrons. The molecule has 0 N–H and O–H groups in total. The minimum atomic E-state index is 0.525. The van der Waals surface area contributed by atoms with Gasteiger partial charge in [0.25, 0.3) is 0 Å². The van der Waals surface area contributed by atoms with Crippen molar-refractivity contribution in [1.82, 2.24) is 0 Å². The fourth-order valence-corrected chi connectivity index (χ4v) is 2.95. The Labute approximate surface area is 153 Å². The minimum Gasteiger partial charge on any atom is -0.488 e. The first-order chi connectivity index (χ1) is 12.9. The summed E-state index contributed by atoms with van der Waals surface area (Å²) in [7, 11) is 0. The number of hydrogen-bond donors (Lipinski definition) is 0. The molecule has 0 saturated carbocycles. The summed E-state index contributed by atoms with van der Waals surface area (Å²) in [4.78, 5) is 4.54. The second kappa shape index (κ2) is 7.66. The highest BCUT2D eigenvalue weighted by Crippen LogP contribution is 2.23. The van der Waals surface area contributed by atoms with Crippen molar-refractivity contribution in [3.05, 3.63) is 108 Å². The zero-order chi connectivity index (χ0) is 17.6. The third-order valence-corrected chi connectivity index (χ3v) is 4.29. The van der Waals surface area contributed by atoms with Crippen molar-refractivity contribution in [1.29, 1.82) is 0 Å². The number of benzene rings is 4. The molecule has 26 heavy (non-hydrogen) atoms. The van der Waals surface area contributed by atoms with Crippen molar-refractivity contribution in [2.45, 2.75) is 6.61 Å². The first-order valence-electron chi connectivity index (χ1n) is 8.68. The van der Waals surface area contributed by atoms with Crippen molar-refractivity contribution in [2.75, 3.05) is 0 Å². The Morgan fingerprint density at radius 3 is 2.35 bits per heavy atom. The Kier molecular flexibility index (Phi) is 4.74. The smallest absolute Gasteiger partial charge is 0.128 e. The molecule has 0 aromatic heterocycles. The van der Waals surface area contributed by atoms with E-state index in [2.05, 4.69) is 47.5 Å². The Morgan fingerprint density at radius 1 is 0.692 bits per heavy atom. The van der Waals surface area contributed by atoms with Crippen LogP contribution in [0.3, 0.4) is 0 Å². The molecule has 0 spiro atoms. The molecule has 0 aliphatic rings. The van der Waals surface area contributed by atoms with Crippen molar-refractivity contribution in [2.24, 2.45) is 4.99 Å². The van der Waals surface area contributed by atoms with E-state index in [1.165, 1.54) is 16.3 Å². The second-order valence-electron chi connectivity index (χ2n) is 6.06. The maximum atomic E-state index is 6.13. The van der Waals surface area contributed by atoms with Crippen molar-refractivity contribution in [3.63, 3.8) is 0 Å². The molecule has 126 valence electrons. The molecule has 0 heterocycles. The molecule has 0 unspecified atom stereocenters. The van der Waals surface area contributed by atoms with Crippen molar-refractivity contribution in [3.8, 4) is 5.75 Å². The second-order valence-corrected chi connectivity index (χ2v) is 6.06. The van der Waals surface area contributed by atoms with Gasteiger partial charge in [-0.3, -0.25) is 4.99 Å². The SMILES string of the molecule is C(=Nc1ccccc1)c1ccccc1OCc1cccc2ccccc12. The van der Waals surface area contributed by atoms with Crippen LogP contribution in [0.15, 0.2) is 102 Å². The molecule has 0 bridgehead atoms. The summed E-state index contributed by atoms with van der Waals surface area (Å²) in [5.41, 5.74) is 3.07. The van der Waals surface area contributed by atoms with E-state index in [9.17, 15) is 0 Å². The summed E-state index contributed by atoms with van der Waals surface area (Å²) in [5, 5.41) is 2.46. The van der Waals surface area contributed by atoms with E-state index in [4.69, 9.17) is 4.74 Å². The first kappa shape index (κ1) is 16.1. The molecule has 0 fully saturated rings. The standard InChI is InChI=1S/C24H19NO/c1-2-13-22(14-3-1)25-17-20-10-5-7-16-24(20)26-18-21-12-8-11-19-9-4-6-15-23(19)21/h1-17H,18H2. The molecule has 0 aliphatic carbocycles. The van der Waals surface area contributed by atoms with Crippen molar-refractivity contribution < 1.29 is 4.74 Å². The van der Waals surface area contributed by atoms with Crippen LogP contribution in [0, 0.1) is 0 Å². The monoisotopic (exact) mass is 337 g/mol. The summed E-state index contributed by atoms with van der Waals surface area (Å²) in [5.74, 6) is 0.833. The number of hydrogen-bond acceptors (Lipinski definition) is 2. The van der Waals surface area contributed by atoms with Gasteiger partial charge in [0, 0.05) is 11.8 Å². The highest BCUT2D eigenvalue weighted by atomic mass is 16.5. The summed E-state index contributed by atoms with van der Waals surface area (Å²) in [6, 6.07) is 32.6. The lowest BCUT2D eigenvalue weighted by Crippen LogP contribution is -1.99. The fraction of sp³-hybridized carbons (Fsp3) is 0.0417. The van der Waals surface area contributed by atoms with Crippen molar-refractivity contribution >= 4 is 22.7 Å². The Hall–Kier alpha value is -3.39. The Morgan fingerprint density at radius 2 is 1.42 bits per heavy atom. The average molecular weight is 337 g/mol. The fourth-order valence-electron chi connectivity index (χ4n) is 2.95. The molecule has 0 atom stereocenters. The number of rotatable bonds is 5. The van der Waals surface area contributed by atoms with E-state index in [1.807, 2.05) is 60.8 Å². The highest BCUT2D eigenvalue weighted by Gasteiger charge is 2.04. The quantitative estimate of drug-likeness (QED) is 0.399. The summed E-state index contributed by atoms with van der Waals surface area (Å²) in [6.07, 6.45) is 1.85. The van der Waals surface area contributed by atoms with Crippen LogP contribution in [-0.4, -0.2) is 6.21 Å². The van der Waals surface area contributed by atoms with E-state index in [0.29, 0.717) is 6.61 Å². The van der Waals surface area contributed by atoms with E-state index in [-0.39, 0.29) is 0 Å². The van der Waals surface area contributed by atoms with E-state index < -0.39 is 0 Å². The topological polar surface area (TPSA) is 21.6 Å². The minimum absolute atomic E-state index is 0.525. The molecule has 2 nitrogen and oxygen atoms in total. The number of ether oxygens (including phenoxy) is 1. The first-order valence-corrected chi connectivity index (χ1v) is 8.68. The largest absolute Gasteiger partial charge is 0.488 e. The van der Waals surface area contributed by atoms with Crippen LogP contribution in [0.2, 0.25) is 0 Å². The van der Waals surface area contributed by atoms with E-state index in [1.54, 1.807) is 0 Å². The molecule has 0 aliphatic heterocycles. The Bertz CT molecular complexity index is 1030. The van der Waals surface area contributed by atoms with Crippen LogP contribution in [0.1, 0.15) is 11.1 Å². The van der Waals surface area contributed by atoms with Crippen LogP contribution in [0.25, 0.3) is 10.8 Å². The zero-order valence-corrected chi connectivity index (χ0v) is 14.4. The number of nitrogens with zero attached hydrogens (tertiary/aromatic N) is 1. The van der Waals surface area contributed by atoms with Crippen LogP contribution in [-0.2, 0) is 6.61 Å². The third kappa shape index (κ3) is 3.65. The zero-order valence-electron chi connectivity index (χ0n) is 14.4. The van der Waals surface area contributed by atoms with Crippen LogP contribution >= 0.6 is 0 Å². The van der Waals surface area contributed by atoms with Gasteiger partial charge in [0.2, 0.25) is 0 Å². The maximum absolute atomic E-state index is 6.13. The molecule has 0 amide bonds. The van der Waals surface area contributed by atoms with E-state index >= 15 is 0 Å². The molecule has 2 heteroatoms. The van der Waals surface area contributed by atoms with Gasteiger partial charge >= 0.3 is 0 Å². The van der Waals surface area contributed by atoms with Gasteiger partial charge in [-0.2, -0.15) is 0 Å². The normalized spacial score (nSPS) is 11.1. The summed E-state index contributed by atoms with van der Waals surface area (Å²) in [6.45, 7) is 0.525. The number of fused-ring (bicyclic) bond motifs is 1. The van der Waals surface area contributed by atoms with Crippen LogP contribution < -0.4 is 4.74 Å². The van der Waals surface area contributed by atoms with Gasteiger partial charge in [-0.15, -0.1) is 0 Å². The average Bonchev–Trinajstić information content (AvgIpc) is 2.72. The molecule has 4 aromatic carbocycles. The predicted molar refractivity (Wildman–Crippen MR) is 108 cm³/mol. The third-order valence-electron chi connectivity index (χ3n) is 4.29. The Balaban J connectivity index is 1.56. The number of aliphatic imine (C=N–C) groups is 1. The van der Waals surface area contributed by atoms with Gasteiger partial charge in [0.1, 0.15) is 12.4 Å². The van der Waals surface area contributed by atoms with Gasteiger partial charge in [-0.05, 0) is 40.6 Å². The lowest BCUT2D eigenvalue weighted by Gasteiger charge is -2.11. The molecule has 4 rings (SSSR count).